The van der Waals surface area contributed by atoms with Crippen molar-refractivity contribution < 1.29 is 17.7 Å². The first-order chi connectivity index (χ1) is 6.19. The molecule has 0 atom stereocenters. The highest BCUT2D eigenvalue weighted by Gasteiger charge is 2.18. The molecule has 0 bridgehead atoms. The maximum atomic E-state index is 9.99. The van der Waals surface area contributed by atoms with Crippen molar-refractivity contribution in [2.75, 3.05) is 6.50 Å². The van der Waals surface area contributed by atoms with Crippen LogP contribution in [0.5, 0.6) is 0 Å². The van der Waals surface area contributed by atoms with Crippen LogP contribution in [-0.2, 0) is 4.79 Å². The van der Waals surface area contributed by atoms with Gasteiger partial charge in [0, 0.05) is 9.24 Å². The van der Waals surface area contributed by atoms with Crippen LogP contribution in [0.2, 0.25) is 0 Å². The number of hydrogen-bond acceptors (Lipinski definition) is 4. The fourth-order valence-electron chi connectivity index (χ4n) is 0. The first-order valence-corrected chi connectivity index (χ1v) is 3.73. The lowest BCUT2D eigenvalue weighted by molar-refractivity contribution is -0.132. The topological polar surface area (TPSA) is 110 Å². The van der Waals surface area contributed by atoms with Gasteiger partial charge in [-0.25, -0.2) is 0 Å². The lowest BCUT2D eigenvalue weighted by Crippen LogP contribution is -2.37. The Morgan fingerprint density at radius 1 is 1.38 bits per heavy atom. The molecule has 80 valence electrons. The summed E-state index contributed by atoms with van der Waals surface area (Å²) in [6.45, 7) is 3.33. The monoisotopic (exact) mass is 194 g/mol. The second kappa shape index (κ2) is 5.16. The number of carbonyl (C=O) groups is 1. The molecule has 0 fully saturated rings. The van der Waals surface area contributed by atoms with Gasteiger partial charge >= 0.3 is 0 Å². The van der Waals surface area contributed by atoms with Crippen LogP contribution >= 0.6 is 0 Å². The van der Waals surface area contributed by atoms with E-state index in [9.17, 15) is 4.79 Å². The Labute approximate surface area is 81.5 Å². The van der Waals surface area contributed by atoms with Crippen molar-refractivity contribution in [1.82, 2.24) is 0 Å². The molecule has 0 spiro atoms. The second-order valence-electron chi connectivity index (χ2n) is 3.63. The minimum Gasteiger partial charge on any atom is -0.389 e. The van der Waals surface area contributed by atoms with E-state index in [1.807, 2.05) is 0 Å². The highest BCUT2D eigenvalue weighted by Crippen LogP contribution is 1.96. The maximum Gasteiger partial charge on any atom is 0.248 e. The molecule has 0 saturated heterocycles. The third-order valence-corrected chi connectivity index (χ3v) is 0.956. The Bertz CT molecular complexity index is 201. The van der Waals surface area contributed by atoms with Crippen LogP contribution < -0.4 is 11.5 Å². The second-order valence-corrected chi connectivity index (χ2v) is 3.63. The molecular formula is C8H20N2O3. The summed E-state index contributed by atoms with van der Waals surface area (Å²) in [6.07, 6.45) is 0. The molecule has 6 N–H and O–H groups in total. The number of carbonyl (C=O) groups excluding carboxylic acids is 1. The normalized spacial score (nSPS) is 15.0. The van der Waals surface area contributed by atoms with Gasteiger partial charge < -0.3 is 21.7 Å². The van der Waals surface area contributed by atoms with Crippen LogP contribution in [0, 0.1) is 0 Å². The Hall–Kier alpha value is -0.650. The molecule has 5 heteroatoms. The smallest absolute Gasteiger partial charge is 0.248 e. The molecule has 0 aromatic heterocycles. The van der Waals surface area contributed by atoms with E-state index in [1.165, 1.54) is 27.7 Å². The SMILES string of the molecule is CC(C)(O)C(N)=O.[2H]C([2H])(N)C(C)(C)O. The zero-order valence-electron chi connectivity index (χ0n) is 10.5. The van der Waals surface area contributed by atoms with Crippen molar-refractivity contribution in [2.24, 2.45) is 11.5 Å². The van der Waals surface area contributed by atoms with Gasteiger partial charge in [-0.2, -0.15) is 0 Å². The molecule has 0 aliphatic rings. The lowest BCUT2D eigenvalue weighted by Gasteiger charge is -2.11. The van der Waals surface area contributed by atoms with Crippen LogP contribution in [0.3, 0.4) is 0 Å². The number of aliphatic hydroxyl groups is 2. The highest BCUT2D eigenvalue weighted by atomic mass is 16.3. The Balaban J connectivity index is 0. The van der Waals surface area contributed by atoms with Gasteiger partial charge in [-0.3, -0.25) is 4.79 Å². The molecule has 0 saturated carbocycles. The van der Waals surface area contributed by atoms with E-state index in [0.717, 1.165) is 0 Å². The van der Waals surface area contributed by atoms with E-state index in [-0.39, 0.29) is 0 Å². The van der Waals surface area contributed by atoms with E-state index >= 15 is 0 Å². The van der Waals surface area contributed by atoms with Crippen LogP contribution in [0.15, 0.2) is 0 Å². The summed E-state index contributed by atoms with van der Waals surface area (Å²) < 4.78 is 13.6. The molecule has 0 aromatic rings. The maximum absolute atomic E-state index is 9.99. The van der Waals surface area contributed by atoms with Crippen LogP contribution in [-0.4, -0.2) is 33.8 Å². The van der Waals surface area contributed by atoms with Crippen LogP contribution in [0.1, 0.15) is 30.4 Å². The van der Waals surface area contributed by atoms with Gasteiger partial charge in [0.25, 0.3) is 0 Å². The summed E-state index contributed by atoms with van der Waals surface area (Å²) in [5.74, 6) is -0.701. The number of rotatable bonds is 2. The number of primary amides is 1. The minimum absolute atomic E-state index is 0.701. The standard InChI is InChI=1S/C4H9NO2.C4H11NO/c1-4(2,7)3(5)6;1-4(2,6)3-5/h7H,1-2H3,(H2,5,6);6H,3,5H2,1-2H3/i;3D2. The summed E-state index contributed by atoms with van der Waals surface area (Å²) in [6, 6.07) is 0. The molecule has 0 aliphatic carbocycles. The molecule has 0 heterocycles. The fourth-order valence-corrected chi connectivity index (χ4v) is 0. The predicted octanol–water partition coefficient (Wildman–Crippen LogP) is -1.04. The summed E-state index contributed by atoms with van der Waals surface area (Å²) in [4.78, 5) is 9.99. The average Bonchev–Trinajstić information content (AvgIpc) is 1.80. The molecule has 13 heavy (non-hydrogen) atoms. The lowest BCUT2D eigenvalue weighted by atomic mass is 10.1. The first kappa shape index (κ1) is 10.4. The van der Waals surface area contributed by atoms with E-state index in [2.05, 4.69) is 5.73 Å². The molecule has 1 amide bonds. The summed E-state index contributed by atoms with van der Waals surface area (Å²) >= 11 is 0. The summed E-state index contributed by atoms with van der Waals surface area (Å²) in [5.41, 5.74) is 6.76. The quantitative estimate of drug-likeness (QED) is 0.450. The summed E-state index contributed by atoms with van der Waals surface area (Å²) in [5, 5.41) is 17.5. The molecule has 5 nitrogen and oxygen atoms in total. The number of nitrogens with two attached hydrogens (primary N) is 2. The molecule has 0 aliphatic heterocycles. The predicted molar refractivity (Wildman–Crippen MR) is 50.8 cm³/mol. The first-order valence-electron chi connectivity index (χ1n) is 4.73. The largest absolute Gasteiger partial charge is 0.389 e. The van der Waals surface area contributed by atoms with Gasteiger partial charge in [-0.1, -0.05) is 0 Å². The van der Waals surface area contributed by atoms with Crippen molar-refractivity contribution in [3.8, 4) is 0 Å². The van der Waals surface area contributed by atoms with Crippen molar-refractivity contribution >= 4 is 5.91 Å². The zero-order valence-corrected chi connectivity index (χ0v) is 8.46. The van der Waals surface area contributed by atoms with Gasteiger partial charge in [-0.15, -0.1) is 0 Å². The number of hydrogen-bond donors (Lipinski definition) is 4. The van der Waals surface area contributed by atoms with Crippen molar-refractivity contribution in [2.45, 2.75) is 38.9 Å². The molecule has 0 aromatic carbocycles. The third-order valence-electron chi connectivity index (χ3n) is 0.956. The van der Waals surface area contributed by atoms with E-state index in [1.54, 1.807) is 0 Å². The van der Waals surface area contributed by atoms with Crippen molar-refractivity contribution in [3.05, 3.63) is 0 Å². The minimum atomic E-state index is -2.01. The molecule has 0 unspecified atom stereocenters. The number of amides is 1. The van der Waals surface area contributed by atoms with E-state index in [0.29, 0.717) is 0 Å². The van der Waals surface area contributed by atoms with E-state index < -0.39 is 23.6 Å². The summed E-state index contributed by atoms with van der Waals surface area (Å²) in [7, 11) is 0. The molecule has 0 rings (SSSR count). The highest BCUT2D eigenvalue weighted by molar-refractivity contribution is 5.81. The van der Waals surface area contributed by atoms with Crippen molar-refractivity contribution in [1.29, 1.82) is 0 Å². The van der Waals surface area contributed by atoms with Gasteiger partial charge in [0.1, 0.15) is 5.60 Å². The third kappa shape index (κ3) is 14.2. The van der Waals surface area contributed by atoms with Crippen LogP contribution in [0.25, 0.3) is 0 Å². The Morgan fingerprint density at radius 2 is 1.54 bits per heavy atom. The van der Waals surface area contributed by atoms with Gasteiger partial charge in [-0.05, 0) is 27.7 Å². The van der Waals surface area contributed by atoms with Gasteiger partial charge in [0.2, 0.25) is 5.91 Å². The zero-order chi connectivity index (χ0) is 13.1. The Kier molecular flexibility index (Phi) is 4.14. The molecular weight excluding hydrogens is 172 g/mol. The fraction of sp³-hybridized carbons (Fsp3) is 0.875. The Morgan fingerprint density at radius 3 is 1.54 bits per heavy atom. The van der Waals surface area contributed by atoms with Crippen molar-refractivity contribution in [3.63, 3.8) is 0 Å². The van der Waals surface area contributed by atoms with E-state index in [4.69, 9.17) is 18.7 Å². The molecule has 0 radical (unpaired) electrons. The average molecular weight is 194 g/mol. The van der Waals surface area contributed by atoms with Gasteiger partial charge in [0.05, 0.1) is 5.60 Å². The van der Waals surface area contributed by atoms with Gasteiger partial charge in [0.15, 0.2) is 0 Å². The van der Waals surface area contributed by atoms with Crippen LogP contribution in [0.4, 0.5) is 0 Å².